The molecule has 0 aromatic rings. The van der Waals surface area contributed by atoms with E-state index in [2.05, 4.69) is 0 Å². The molecule has 0 aliphatic carbocycles. The molecule has 2 saturated heterocycles. The van der Waals surface area contributed by atoms with E-state index in [0.717, 1.165) is 43.8 Å². The Balaban J connectivity index is 2.03. The molecule has 2 fully saturated rings. The minimum Gasteiger partial charge on any atom is -0.373 e. The second-order valence-electron chi connectivity index (χ2n) is 5.54. The lowest BCUT2D eigenvalue weighted by atomic mass is 10.2. The molecule has 0 spiro atoms. The number of hydrogen-bond donors (Lipinski definition) is 1. The molecule has 2 rings (SSSR count). The summed E-state index contributed by atoms with van der Waals surface area (Å²) in [7, 11) is 2.13. The first-order valence-electron chi connectivity index (χ1n) is 7.49. The van der Waals surface area contributed by atoms with Crippen LogP contribution in [0.25, 0.3) is 0 Å². The highest BCUT2D eigenvalue weighted by molar-refractivity contribution is 6.62. The summed E-state index contributed by atoms with van der Waals surface area (Å²) >= 11 is 0. The van der Waals surface area contributed by atoms with Crippen LogP contribution >= 0.6 is 0 Å². The highest BCUT2D eigenvalue weighted by Gasteiger charge is 2.61. The average molecular weight is 303 g/mol. The number of urea groups is 1. The van der Waals surface area contributed by atoms with E-state index < -0.39 is 8.80 Å². The van der Waals surface area contributed by atoms with Crippen molar-refractivity contribution in [3.05, 3.63) is 0 Å². The van der Waals surface area contributed by atoms with Crippen molar-refractivity contribution in [3.8, 4) is 0 Å². The predicted molar refractivity (Wildman–Crippen MR) is 76.5 cm³/mol. The Hall–Kier alpha value is -0.473. The highest BCUT2D eigenvalue weighted by Crippen LogP contribution is 2.17. The number of nitrogens with one attached hydrogen (secondary N) is 1. The Kier molecular flexibility index (Phi) is 5.56. The summed E-state index contributed by atoms with van der Waals surface area (Å²) in [6.45, 7) is 2.62. The van der Waals surface area contributed by atoms with Crippen LogP contribution in [0.1, 0.15) is 32.1 Å². The molecule has 6 nitrogen and oxygen atoms in total. The van der Waals surface area contributed by atoms with E-state index in [1.54, 1.807) is 21.3 Å². The number of hydrogen-bond acceptors (Lipinski definition) is 4. The molecule has 2 aliphatic rings. The van der Waals surface area contributed by atoms with Gasteiger partial charge in [0.15, 0.2) is 5.67 Å². The minimum absolute atomic E-state index is 0.0400. The van der Waals surface area contributed by atoms with Crippen molar-refractivity contribution in [2.24, 2.45) is 0 Å². The highest BCUT2D eigenvalue weighted by atomic mass is 28.4. The van der Waals surface area contributed by atoms with Crippen molar-refractivity contribution >= 4 is 14.8 Å². The first kappa shape index (κ1) is 15.9. The number of quaternary nitrogens is 1. The summed E-state index contributed by atoms with van der Waals surface area (Å²) in [5.74, 6) is 0. The lowest BCUT2D eigenvalue weighted by Crippen LogP contribution is -3.28. The zero-order valence-corrected chi connectivity index (χ0v) is 13.8. The van der Waals surface area contributed by atoms with E-state index in [9.17, 15) is 4.79 Å². The summed E-state index contributed by atoms with van der Waals surface area (Å²) in [5.41, 5.74) is 0.0400. The number of nitrogens with zero attached hydrogens (tertiary/aromatic N) is 1. The van der Waals surface area contributed by atoms with Crippen molar-refractivity contribution in [1.29, 1.82) is 0 Å². The van der Waals surface area contributed by atoms with Crippen molar-refractivity contribution in [2.75, 3.05) is 41.0 Å². The largest absolute Gasteiger partial charge is 0.562 e. The maximum atomic E-state index is 12.7. The molecule has 7 heteroatoms. The van der Waals surface area contributed by atoms with Crippen LogP contribution in [-0.4, -0.2) is 66.4 Å². The lowest BCUT2D eigenvalue weighted by Gasteiger charge is -2.42. The molecule has 2 unspecified atom stereocenters. The van der Waals surface area contributed by atoms with E-state index in [1.165, 1.54) is 12.8 Å². The standard InChI is InChI=1S/C13H26N2O4Si/c1-17-20(18-2,19-3)12-8-11-15(12)13(16)14-9-6-4-5-7-10-14/h12H,4-11H2,1-3H3/p+1. The van der Waals surface area contributed by atoms with E-state index in [1.807, 2.05) is 4.90 Å². The second-order valence-corrected chi connectivity index (χ2v) is 8.67. The Labute approximate surface area is 122 Å². The van der Waals surface area contributed by atoms with Gasteiger partial charge in [0.25, 0.3) is 0 Å². The van der Waals surface area contributed by atoms with Gasteiger partial charge in [0.2, 0.25) is 0 Å². The van der Waals surface area contributed by atoms with E-state index in [4.69, 9.17) is 13.3 Å². The van der Waals surface area contributed by atoms with Crippen LogP contribution in [0.15, 0.2) is 0 Å². The number of likely N-dealkylation sites (tertiary alicyclic amines) is 2. The molecule has 0 bridgehead atoms. The van der Waals surface area contributed by atoms with Gasteiger partial charge < -0.3 is 13.3 Å². The van der Waals surface area contributed by atoms with Crippen LogP contribution in [0, 0.1) is 0 Å². The van der Waals surface area contributed by atoms with Crippen molar-refractivity contribution in [1.82, 2.24) is 4.90 Å². The molecule has 20 heavy (non-hydrogen) atoms. The van der Waals surface area contributed by atoms with Crippen molar-refractivity contribution in [3.63, 3.8) is 0 Å². The molecular weight excluding hydrogens is 276 g/mol. The van der Waals surface area contributed by atoms with Crippen LogP contribution in [0.3, 0.4) is 0 Å². The quantitative estimate of drug-likeness (QED) is 0.746. The van der Waals surface area contributed by atoms with E-state index >= 15 is 0 Å². The maximum Gasteiger partial charge on any atom is 0.562 e. The summed E-state index contributed by atoms with van der Waals surface area (Å²) in [4.78, 5) is 15.6. The molecular formula is C13H27N2O4Si+. The van der Waals surface area contributed by atoms with Gasteiger partial charge in [0, 0.05) is 34.4 Å². The summed E-state index contributed by atoms with van der Waals surface area (Å²) in [5, 5.41) is 0. The maximum absolute atomic E-state index is 12.7. The summed E-state index contributed by atoms with van der Waals surface area (Å²) in [6.07, 6.45) is 5.62. The smallest absolute Gasteiger partial charge is 0.373 e. The third kappa shape index (κ3) is 2.91. The zero-order valence-electron chi connectivity index (χ0n) is 12.8. The van der Waals surface area contributed by atoms with Crippen molar-refractivity contribution < 1.29 is 23.0 Å². The molecule has 0 radical (unpaired) electrons. The monoisotopic (exact) mass is 303 g/mol. The van der Waals surface area contributed by atoms with E-state index in [0.29, 0.717) is 0 Å². The molecule has 2 atom stereocenters. The topological polar surface area (TPSA) is 52.4 Å². The molecule has 116 valence electrons. The third-order valence-corrected chi connectivity index (χ3v) is 7.77. The van der Waals surface area contributed by atoms with Gasteiger partial charge in [-0.05, 0) is 12.8 Å². The van der Waals surface area contributed by atoms with Crippen LogP contribution < -0.4 is 4.90 Å². The average Bonchev–Trinajstić information content (AvgIpc) is 2.72. The zero-order chi connectivity index (χ0) is 14.6. The van der Waals surface area contributed by atoms with Gasteiger partial charge >= 0.3 is 14.8 Å². The van der Waals surface area contributed by atoms with Gasteiger partial charge in [-0.3, -0.25) is 4.90 Å². The van der Waals surface area contributed by atoms with Crippen LogP contribution in [-0.2, 0) is 13.3 Å². The first-order chi connectivity index (χ1) is 9.68. The van der Waals surface area contributed by atoms with Crippen molar-refractivity contribution in [2.45, 2.75) is 37.8 Å². The molecule has 2 aliphatic heterocycles. The Morgan fingerprint density at radius 3 is 2.00 bits per heavy atom. The van der Waals surface area contributed by atoms with Crippen LogP contribution in [0.5, 0.6) is 0 Å². The second kappa shape index (κ2) is 6.99. The summed E-state index contributed by atoms with van der Waals surface area (Å²) < 4.78 is 16.6. The molecule has 0 saturated carbocycles. The fourth-order valence-electron chi connectivity index (χ4n) is 3.23. The molecule has 0 aromatic heterocycles. The first-order valence-corrected chi connectivity index (χ1v) is 9.29. The van der Waals surface area contributed by atoms with Crippen LogP contribution in [0.4, 0.5) is 4.79 Å². The van der Waals surface area contributed by atoms with Gasteiger partial charge in [-0.15, -0.1) is 0 Å². The predicted octanol–water partition coefficient (Wildman–Crippen LogP) is 0.0569. The minimum atomic E-state index is -2.72. The molecule has 0 aromatic carbocycles. The number of carbonyl (C=O) groups is 1. The number of carbonyl (C=O) groups excluding carboxylic acids is 1. The number of amides is 2. The number of rotatable bonds is 4. The Morgan fingerprint density at radius 2 is 1.60 bits per heavy atom. The lowest BCUT2D eigenvalue weighted by molar-refractivity contribution is -0.882. The third-order valence-electron chi connectivity index (χ3n) is 4.57. The van der Waals surface area contributed by atoms with Gasteiger partial charge in [0.1, 0.15) is 0 Å². The molecule has 2 amide bonds. The van der Waals surface area contributed by atoms with Gasteiger partial charge in [-0.25, -0.2) is 9.69 Å². The SMILES string of the molecule is CO[Si](OC)(OC)C1CC[NH+]1C(=O)N1CCCCCC1. The van der Waals surface area contributed by atoms with Gasteiger partial charge in [0.05, 0.1) is 13.0 Å². The molecule has 1 N–H and O–H groups in total. The fraction of sp³-hybridized carbons (Fsp3) is 0.923. The Morgan fingerprint density at radius 1 is 1.05 bits per heavy atom. The Bertz CT molecular complexity index is 322. The molecule has 2 heterocycles. The normalized spacial score (nSPS) is 27.9. The van der Waals surface area contributed by atoms with Gasteiger partial charge in [-0.1, -0.05) is 12.8 Å². The van der Waals surface area contributed by atoms with E-state index in [-0.39, 0.29) is 11.7 Å². The van der Waals surface area contributed by atoms with Crippen LogP contribution in [0.2, 0.25) is 0 Å². The summed E-state index contributed by atoms with van der Waals surface area (Å²) in [6, 6.07) is 0.200. The van der Waals surface area contributed by atoms with Gasteiger partial charge in [-0.2, -0.15) is 0 Å². The fourth-order valence-corrected chi connectivity index (χ4v) is 5.78.